The molecule has 1 unspecified atom stereocenters. The lowest BCUT2D eigenvalue weighted by atomic mass is 9.99. The van der Waals surface area contributed by atoms with Crippen LogP contribution in [-0.2, 0) is 17.8 Å². The lowest BCUT2D eigenvalue weighted by Gasteiger charge is -2.31. The van der Waals surface area contributed by atoms with Gasteiger partial charge in [0.1, 0.15) is 28.5 Å². The number of fused-ring (bicyclic) bond motifs is 3. The van der Waals surface area contributed by atoms with Crippen molar-refractivity contribution in [1.82, 2.24) is 29.7 Å². The largest absolute Gasteiger partial charge is 0.455 e. The fourth-order valence-electron chi connectivity index (χ4n) is 6.10. The van der Waals surface area contributed by atoms with Gasteiger partial charge in [0.2, 0.25) is 5.91 Å². The molecule has 1 fully saturated rings. The maximum atomic E-state index is 13.2. The predicted octanol–water partition coefficient (Wildman–Crippen LogP) is 7.02. The highest BCUT2D eigenvalue weighted by atomic mass is 32.1. The van der Waals surface area contributed by atoms with Crippen LogP contribution in [0.15, 0.2) is 66.6 Å². The number of amides is 1. The molecule has 5 aromatic rings. The van der Waals surface area contributed by atoms with Crippen molar-refractivity contribution in [3.05, 3.63) is 93.3 Å². The van der Waals surface area contributed by atoms with Gasteiger partial charge in [-0.25, -0.2) is 15.0 Å². The van der Waals surface area contributed by atoms with Crippen LogP contribution < -0.4 is 10.1 Å². The first-order valence-electron chi connectivity index (χ1n) is 15.3. The Kier molecular flexibility index (Phi) is 8.55. The Morgan fingerprint density at radius 2 is 2.07 bits per heavy atom. The molecule has 230 valence electrons. The highest BCUT2D eigenvalue weighted by Gasteiger charge is 2.26. The summed E-state index contributed by atoms with van der Waals surface area (Å²) in [6, 6.07) is 9.86. The monoisotopic (exact) mass is 637 g/mol. The summed E-state index contributed by atoms with van der Waals surface area (Å²) in [6.45, 7) is 8.09. The van der Waals surface area contributed by atoms with E-state index in [9.17, 15) is 4.79 Å². The average Bonchev–Trinajstić information content (AvgIpc) is 3.72. The molecule has 6 heterocycles. The number of aryl methyl sites for hydroxylation is 2. The smallest absolute Gasteiger partial charge is 0.246 e. The van der Waals surface area contributed by atoms with Gasteiger partial charge in [-0.2, -0.15) is 0 Å². The molecule has 1 amide bonds. The number of hydrogen-bond donors (Lipinski definition) is 1. The summed E-state index contributed by atoms with van der Waals surface area (Å²) in [5, 5.41) is 7.84. The van der Waals surface area contributed by atoms with E-state index in [2.05, 4.69) is 41.6 Å². The number of aromatic nitrogens is 4. The lowest BCUT2D eigenvalue weighted by Crippen LogP contribution is -2.35. The maximum Gasteiger partial charge on any atom is 0.246 e. The normalized spacial score (nSPS) is 17.1. The second-order valence-electron chi connectivity index (χ2n) is 11.6. The molecule has 2 aliphatic rings. The van der Waals surface area contributed by atoms with Gasteiger partial charge in [0.05, 0.1) is 23.1 Å². The number of carbonyl (C=O) groups excluding carboxylic acids is 1. The van der Waals surface area contributed by atoms with Crippen LogP contribution in [0.4, 0.5) is 11.5 Å². The Morgan fingerprint density at radius 3 is 2.89 bits per heavy atom. The highest BCUT2D eigenvalue weighted by Crippen LogP contribution is 2.38. The Morgan fingerprint density at radius 1 is 1.13 bits per heavy atom. The van der Waals surface area contributed by atoms with Gasteiger partial charge in [-0.3, -0.25) is 14.7 Å². The van der Waals surface area contributed by atoms with Gasteiger partial charge < -0.3 is 15.0 Å². The Hall–Kier alpha value is -4.19. The molecule has 0 aliphatic carbocycles. The first-order valence-corrected chi connectivity index (χ1v) is 17.0. The number of benzene rings is 1. The molecule has 9 nitrogen and oxygen atoms in total. The summed E-state index contributed by atoms with van der Waals surface area (Å²) in [5.41, 5.74) is 4.11. The topological polar surface area (TPSA) is 96.4 Å². The average molecular weight is 638 g/mol. The molecule has 0 radical (unpaired) electrons. The Balaban J connectivity index is 1.00. The van der Waals surface area contributed by atoms with Gasteiger partial charge in [0.15, 0.2) is 0 Å². The minimum Gasteiger partial charge on any atom is -0.455 e. The van der Waals surface area contributed by atoms with Gasteiger partial charge in [0, 0.05) is 59.5 Å². The van der Waals surface area contributed by atoms with E-state index >= 15 is 0 Å². The van der Waals surface area contributed by atoms with Crippen LogP contribution in [0.3, 0.4) is 0 Å². The first kappa shape index (κ1) is 29.5. The van der Waals surface area contributed by atoms with Crippen LogP contribution in [0.1, 0.15) is 45.5 Å². The van der Waals surface area contributed by atoms with Crippen molar-refractivity contribution in [2.24, 2.45) is 0 Å². The number of likely N-dealkylation sites (tertiary alicyclic amines) is 1. The number of piperidine rings is 1. The molecule has 45 heavy (non-hydrogen) atoms. The van der Waals surface area contributed by atoms with Gasteiger partial charge >= 0.3 is 0 Å². The highest BCUT2D eigenvalue weighted by molar-refractivity contribution is 7.19. The van der Waals surface area contributed by atoms with E-state index in [1.165, 1.54) is 21.9 Å². The molecule has 0 spiro atoms. The number of nitrogens with zero attached hydrogens (tertiary/aromatic N) is 6. The van der Waals surface area contributed by atoms with Crippen LogP contribution in [0.25, 0.3) is 10.2 Å². The zero-order chi connectivity index (χ0) is 30.8. The standard InChI is InChI=1S/C34H35N7O2S2/c1-22-17-25(8-10-28(22)43-26-9-7-23(2)36-18-26)39-32-31-27-11-15-41(20-29(27)45-34(31)38-21-37-32)30(42)6-4-14-40-13-3-5-24(19-40)33-35-12-16-44-33/h4,6-10,12,16-18,21,24H,3,5,11,13-15,19-20H2,1-2H3,(H,37,38,39)/b6-4+. The summed E-state index contributed by atoms with van der Waals surface area (Å²) in [6.07, 6.45) is 12.1. The molecule has 0 bridgehead atoms. The lowest BCUT2D eigenvalue weighted by molar-refractivity contribution is -0.126. The molecule has 7 rings (SSSR count). The van der Waals surface area contributed by atoms with Crippen molar-refractivity contribution in [3.8, 4) is 11.5 Å². The van der Waals surface area contributed by atoms with Crippen LogP contribution in [0.5, 0.6) is 11.5 Å². The molecule has 11 heteroatoms. The van der Waals surface area contributed by atoms with E-state index in [1.807, 2.05) is 55.3 Å². The fourth-order valence-corrected chi connectivity index (χ4v) is 8.07. The van der Waals surface area contributed by atoms with Crippen molar-refractivity contribution in [2.75, 3.05) is 31.5 Å². The minimum atomic E-state index is 0.0650. The number of rotatable bonds is 8. The second-order valence-corrected chi connectivity index (χ2v) is 13.6. The number of anilines is 2. The van der Waals surface area contributed by atoms with E-state index in [1.54, 1.807) is 41.3 Å². The molecule has 4 aromatic heterocycles. The Bertz CT molecular complexity index is 1840. The molecule has 2 aliphatic heterocycles. The van der Waals surface area contributed by atoms with Crippen LogP contribution in [-0.4, -0.2) is 61.8 Å². The summed E-state index contributed by atoms with van der Waals surface area (Å²) in [5.74, 6) is 2.83. The number of pyridine rings is 1. The number of ether oxygens (including phenoxy) is 1. The van der Waals surface area contributed by atoms with E-state index in [-0.39, 0.29) is 5.91 Å². The van der Waals surface area contributed by atoms with Gasteiger partial charge in [-0.05, 0) is 81.1 Å². The summed E-state index contributed by atoms with van der Waals surface area (Å²) in [7, 11) is 0. The molecule has 0 saturated carbocycles. The van der Waals surface area contributed by atoms with E-state index < -0.39 is 0 Å². The molecule has 1 saturated heterocycles. The van der Waals surface area contributed by atoms with Gasteiger partial charge in [0.25, 0.3) is 0 Å². The number of thiophene rings is 1. The third-order valence-corrected chi connectivity index (χ3v) is 10.5. The van der Waals surface area contributed by atoms with Gasteiger partial charge in [-0.15, -0.1) is 22.7 Å². The van der Waals surface area contributed by atoms with Crippen LogP contribution >= 0.6 is 22.7 Å². The van der Waals surface area contributed by atoms with Gasteiger partial charge in [-0.1, -0.05) is 6.08 Å². The van der Waals surface area contributed by atoms with Crippen LogP contribution in [0.2, 0.25) is 0 Å². The second kappa shape index (κ2) is 13.0. The molecular weight excluding hydrogens is 603 g/mol. The third kappa shape index (κ3) is 6.61. The van der Waals surface area contributed by atoms with Crippen LogP contribution in [0, 0.1) is 13.8 Å². The van der Waals surface area contributed by atoms with Crippen molar-refractivity contribution < 1.29 is 9.53 Å². The SMILES string of the molecule is Cc1ccc(Oc2ccc(Nc3ncnc4sc5c(c34)CCN(C(=O)/C=C/CN3CCCC(c4nccs4)C3)C5)cc2C)cn1. The molecule has 1 aromatic carbocycles. The van der Waals surface area contributed by atoms with E-state index in [0.29, 0.717) is 24.8 Å². The molecule has 1 N–H and O–H groups in total. The van der Waals surface area contributed by atoms with Crippen molar-refractivity contribution in [2.45, 2.75) is 45.6 Å². The zero-order valence-electron chi connectivity index (χ0n) is 25.4. The number of nitrogens with one attached hydrogen (secondary N) is 1. The van der Waals surface area contributed by atoms with Crippen molar-refractivity contribution in [1.29, 1.82) is 0 Å². The summed E-state index contributed by atoms with van der Waals surface area (Å²) in [4.78, 5) is 37.7. The predicted molar refractivity (Wildman–Crippen MR) is 180 cm³/mol. The molecular formula is C34H35N7O2S2. The summed E-state index contributed by atoms with van der Waals surface area (Å²) < 4.78 is 6.05. The first-order chi connectivity index (χ1) is 22.0. The number of thiazole rings is 1. The van der Waals surface area contributed by atoms with Crippen molar-refractivity contribution in [3.63, 3.8) is 0 Å². The fraction of sp³-hybridized carbons (Fsp3) is 0.324. The van der Waals surface area contributed by atoms with E-state index in [0.717, 1.165) is 71.2 Å². The minimum absolute atomic E-state index is 0.0650. The maximum absolute atomic E-state index is 13.2. The number of carbonyl (C=O) groups is 1. The third-order valence-electron chi connectivity index (χ3n) is 8.43. The van der Waals surface area contributed by atoms with Crippen molar-refractivity contribution >= 4 is 50.3 Å². The molecule has 1 atom stereocenters. The Labute approximate surface area is 270 Å². The zero-order valence-corrected chi connectivity index (χ0v) is 27.0. The quantitative estimate of drug-likeness (QED) is 0.182. The number of hydrogen-bond acceptors (Lipinski definition) is 10. The van der Waals surface area contributed by atoms with E-state index in [4.69, 9.17) is 4.74 Å². The summed E-state index contributed by atoms with van der Waals surface area (Å²) >= 11 is 3.39.